The van der Waals surface area contributed by atoms with Crippen molar-refractivity contribution < 1.29 is 0 Å². The van der Waals surface area contributed by atoms with Gasteiger partial charge in [-0.1, -0.05) is 120 Å². The molecule has 0 fully saturated rings. The first-order chi connectivity index (χ1) is 27.3. The number of aryl methyl sites for hydroxylation is 4. The summed E-state index contributed by atoms with van der Waals surface area (Å²) in [5.74, 6) is 0.539. The van der Waals surface area contributed by atoms with Gasteiger partial charge in [0.15, 0.2) is 5.82 Å². The van der Waals surface area contributed by atoms with E-state index in [-0.39, 0.29) is 0 Å². The van der Waals surface area contributed by atoms with E-state index >= 15 is 0 Å². The molecule has 0 amide bonds. The Morgan fingerprint density at radius 1 is 0.429 bits per heavy atom. The third kappa shape index (κ3) is 5.38. The van der Waals surface area contributed by atoms with E-state index in [0.29, 0.717) is 17.0 Å². The summed E-state index contributed by atoms with van der Waals surface area (Å²) < 4.78 is 4.71. The van der Waals surface area contributed by atoms with E-state index in [1.54, 1.807) is 0 Å². The molecule has 5 heteroatoms. The molecule has 0 aliphatic heterocycles. The third-order valence-electron chi connectivity index (χ3n) is 11.1. The van der Waals surface area contributed by atoms with Gasteiger partial charge in [-0.25, -0.2) is 9.97 Å². The van der Waals surface area contributed by atoms with E-state index < -0.39 is 0 Å². The Labute approximate surface area is 325 Å². The van der Waals surface area contributed by atoms with E-state index in [1.807, 2.05) is 26.0 Å². The maximum Gasteiger partial charge on any atom is 0.161 e. The number of hydrogen-bond donors (Lipinski definition) is 0. The fraction of sp³-hybridized carbons (Fsp3) is 0.0784. The van der Waals surface area contributed by atoms with Crippen molar-refractivity contribution in [2.75, 3.05) is 0 Å². The predicted molar refractivity (Wildman–Crippen MR) is 231 cm³/mol. The van der Waals surface area contributed by atoms with Gasteiger partial charge in [-0.2, -0.15) is 5.26 Å². The van der Waals surface area contributed by atoms with Crippen LogP contribution in [0.4, 0.5) is 0 Å². The molecule has 0 bridgehead atoms. The van der Waals surface area contributed by atoms with Gasteiger partial charge in [-0.05, 0) is 92.4 Å². The Hall–Kier alpha value is -7.29. The number of aromatic nitrogens is 4. The Kier molecular flexibility index (Phi) is 7.69. The quantitative estimate of drug-likeness (QED) is 0.178. The molecule has 0 saturated carbocycles. The monoisotopic (exact) mass is 719 g/mol. The second-order valence-electron chi connectivity index (χ2n) is 14.9. The number of para-hydroxylation sites is 2. The number of nitriles is 1. The highest BCUT2D eigenvalue weighted by molar-refractivity contribution is 6.12. The predicted octanol–water partition coefficient (Wildman–Crippen LogP) is 12.8. The lowest BCUT2D eigenvalue weighted by molar-refractivity contribution is 1.05. The van der Waals surface area contributed by atoms with Crippen LogP contribution >= 0.6 is 0 Å². The highest BCUT2D eigenvalue weighted by atomic mass is 15.1. The van der Waals surface area contributed by atoms with Gasteiger partial charge in [0.25, 0.3) is 0 Å². The zero-order valence-corrected chi connectivity index (χ0v) is 31.7. The molecule has 0 radical (unpaired) electrons. The number of rotatable bonds is 5. The number of benzene rings is 7. The summed E-state index contributed by atoms with van der Waals surface area (Å²) in [5.41, 5.74) is 16.0. The molecule has 0 aliphatic rings. The van der Waals surface area contributed by atoms with Crippen LogP contribution in [0, 0.1) is 39.0 Å². The molecule has 10 rings (SSSR count). The van der Waals surface area contributed by atoms with Gasteiger partial charge < -0.3 is 9.13 Å². The van der Waals surface area contributed by atoms with Crippen molar-refractivity contribution in [1.82, 2.24) is 19.1 Å². The largest absolute Gasteiger partial charge is 0.307 e. The molecule has 0 N–H and O–H groups in total. The van der Waals surface area contributed by atoms with Crippen LogP contribution < -0.4 is 0 Å². The number of nitrogens with zero attached hydrogens (tertiary/aromatic N) is 5. The van der Waals surface area contributed by atoms with Crippen LogP contribution in [0.2, 0.25) is 0 Å². The van der Waals surface area contributed by atoms with Gasteiger partial charge in [0.1, 0.15) is 0 Å². The molecular formula is C51H37N5. The van der Waals surface area contributed by atoms with Gasteiger partial charge in [0, 0.05) is 38.5 Å². The van der Waals surface area contributed by atoms with Crippen molar-refractivity contribution in [1.29, 1.82) is 5.26 Å². The second-order valence-corrected chi connectivity index (χ2v) is 14.9. The smallest absolute Gasteiger partial charge is 0.161 e. The maximum absolute atomic E-state index is 10.9. The molecule has 56 heavy (non-hydrogen) atoms. The van der Waals surface area contributed by atoms with Crippen molar-refractivity contribution in [3.8, 4) is 51.1 Å². The van der Waals surface area contributed by atoms with Gasteiger partial charge in [0.2, 0.25) is 0 Å². The van der Waals surface area contributed by atoms with Crippen LogP contribution in [-0.2, 0) is 0 Å². The Morgan fingerprint density at radius 2 is 0.857 bits per heavy atom. The van der Waals surface area contributed by atoms with Gasteiger partial charge in [-0.3, -0.25) is 0 Å². The van der Waals surface area contributed by atoms with E-state index in [1.165, 1.54) is 11.1 Å². The lowest BCUT2D eigenvalue weighted by Gasteiger charge is -2.19. The van der Waals surface area contributed by atoms with Crippen molar-refractivity contribution in [2.24, 2.45) is 0 Å². The van der Waals surface area contributed by atoms with Crippen LogP contribution in [0.25, 0.3) is 88.6 Å². The van der Waals surface area contributed by atoms with E-state index in [9.17, 15) is 5.26 Å². The SMILES string of the molecule is Cc1ccc(-c2ccc3c4ccccc4n(-c4cc(C#N)c(-c5nc(C)cc(C)n5)cc4-n4c5ccccc5c5ccc(-c6ccc(C)cc6)cc54)c3c2)cc1. The Balaban J connectivity index is 1.36. The third-order valence-corrected chi connectivity index (χ3v) is 11.1. The highest BCUT2D eigenvalue weighted by Gasteiger charge is 2.23. The van der Waals surface area contributed by atoms with Crippen molar-refractivity contribution >= 4 is 43.6 Å². The number of hydrogen-bond acceptors (Lipinski definition) is 3. The highest BCUT2D eigenvalue weighted by Crippen LogP contribution is 2.42. The molecule has 10 aromatic rings. The molecule has 266 valence electrons. The van der Waals surface area contributed by atoms with Gasteiger partial charge >= 0.3 is 0 Å². The zero-order chi connectivity index (χ0) is 38.1. The van der Waals surface area contributed by atoms with Crippen LogP contribution in [0.15, 0.2) is 152 Å². The fourth-order valence-corrected chi connectivity index (χ4v) is 8.37. The van der Waals surface area contributed by atoms with Crippen LogP contribution in [0.3, 0.4) is 0 Å². The molecule has 0 saturated heterocycles. The van der Waals surface area contributed by atoms with Crippen LogP contribution in [-0.4, -0.2) is 19.1 Å². The average molecular weight is 720 g/mol. The molecule has 0 spiro atoms. The maximum atomic E-state index is 10.9. The summed E-state index contributed by atoms with van der Waals surface area (Å²) in [4.78, 5) is 9.77. The van der Waals surface area contributed by atoms with Crippen molar-refractivity contribution in [3.63, 3.8) is 0 Å². The van der Waals surface area contributed by atoms with E-state index in [4.69, 9.17) is 9.97 Å². The lowest BCUT2D eigenvalue weighted by Crippen LogP contribution is -2.06. The Morgan fingerprint density at radius 3 is 1.34 bits per heavy atom. The first kappa shape index (κ1) is 33.3. The summed E-state index contributed by atoms with van der Waals surface area (Å²) in [7, 11) is 0. The number of fused-ring (bicyclic) bond motifs is 6. The summed E-state index contributed by atoms with van der Waals surface area (Å²) in [5, 5.41) is 15.5. The minimum Gasteiger partial charge on any atom is -0.307 e. The van der Waals surface area contributed by atoms with E-state index in [0.717, 1.165) is 88.6 Å². The molecule has 3 heterocycles. The summed E-state index contributed by atoms with van der Waals surface area (Å²) >= 11 is 0. The zero-order valence-electron chi connectivity index (χ0n) is 31.7. The first-order valence-corrected chi connectivity index (χ1v) is 19.0. The molecule has 0 aliphatic carbocycles. The lowest BCUT2D eigenvalue weighted by atomic mass is 10.0. The minimum absolute atomic E-state index is 0.510. The second kappa shape index (κ2) is 12.9. The molecule has 5 nitrogen and oxygen atoms in total. The topological polar surface area (TPSA) is 59.4 Å². The molecular weight excluding hydrogens is 683 g/mol. The van der Waals surface area contributed by atoms with Gasteiger partial charge in [0.05, 0.1) is 45.1 Å². The van der Waals surface area contributed by atoms with Crippen LogP contribution in [0.5, 0.6) is 0 Å². The molecule has 7 aromatic carbocycles. The summed E-state index contributed by atoms with van der Waals surface area (Å²) in [6.07, 6.45) is 0. The fourth-order valence-electron chi connectivity index (χ4n) is 8.37. The molecule has 0 unspecified atom stereocenters. The average Bonchev–Trinajstić information content (AvgIpc) is 3.72. The molecule has 3 aromatic heterocycles. The summed E-state index contributed by atoms with van der Waals surface area (Å²) in [6.45, 7) is 8.18. The summed E-state index contributed by atoms with van der Waals surface area (Å²) in [6, 6.07) is 56.8. The first-order valence-electron chi connectivity index (χ1n) is 19.0. The van der Waals surface area contributed by atoms with Gasteiger partial charge in [-0.15, -0.1) is 0 Å². The Bertz CT molecular complexity index is 3210. The van der Waals surface area contributed by atoms with Crippen LogP contribution in [0.1, 0.15) is 28.1 Å². The van der Waals surface area contributed by atoms with E-state index in [2.05, 4.69) is 169 Å². The standard InChI is InChI=1S/C51H37N5/c1-31-13-17-35(18-14-31)37-21-23-42-40-9-5-7-11-45(40)55(47(42)26-37)49-28-39(30-52)44(51-53-33(3)25-34(4)54-51)29-50(49)56-46-12-8-6-10-41(46)43-24-22-38(27-48(43)56)36-19-15-32(2)16-20-36/h5-29H,1-4H3. The molecule has 0 atom stereocenters. The normalized spacial score (nSPS) is 11.6. The van der Waals surface area contributed by atoms with Crippen molar-refractivity contribution in [2.45, 2.75) is 27.7 Å². The minimum atomic E-state index is 0.510. The van der Waals surface area contributed by atoms with Crippen molar-refractivity contribution in [3.05, 3.63) is 180 Å².